The number of fused-ring (bicyclic) bond motifs is 1. The third kappa shape index (κ3) is 4.60. The maximum absolute atomic E-state index is 12.7. The van der Waals surface area contributed by atoms with Gasteiger partial charge in [-0.1, -0.05) is 48.0 Å². The van der Waals surface area contributed by atoms with Crippen LogP contribution in [0.25, 0.3) is 0 Å². The summed E-state index contributed by atoms with van der Waals surface area (Å²) < 4.78 is 7.16. The summed E-state index contributed by atoms with van der Waals surface area (Å²) in [5, 5.41) is 7.53. The highest BCUT2D eigenvalue weighted by Gasteiger charge is 2.27. The second kappa shape index (κ2) is 8.96. The average Bonchev–Trinajstić information content (AvgIpc) is 3.21. The van der Waals surface area contributed by atoms with E-state index in [1.54, 1.807) is 27.9 Å². The van der Waals surface area contributed by atoms with Gasteiger partial charge in [0.1, 0.15) is 11.8 Å². The highest BCUT2D eigenvalue weighted by atomic mass is 35.5. The van der Waals surface area contributed by atoms with Gasteiger partial charge < -0.3 is 15.0 Å². The lowest BCUT2D eigenvalue weighted by atomic mass is 10.2. The fourth-order valence-corrected chi connectivity index (χ4v) is 3.30. The summed E-state index contributed by atoms with van der Waals surface area (Å²) in [6.07, 6.45) is 2.73. The van der Waals surface area contributed by atoms with E-state index in [4.69, 9.17) is 16.3 Å². The molecule has 0 atom stereocenters. The zero-order valence-electron chi connectivity index (χ0n) is 16.1. The quantitative estimate of drug-likeness (QED) is 0.635. The number of ether oxygens (including phenoxy) is 1. The number of amides is 2. The molecule has 0 radical (unpaired) electrons. The molecule has 30 heavy (non-hydrogen) atoms. The van der Waals surface area contributed by atoms with Gasteiger partial charge in [-0.25, -0.2) is 9.78 Å². The molecule has 0 saturated carbocycles. The third-order valence-electron chi connectivity index (χ3n) is 4.82. The molecule has 3 heterocycles. The monoisotopic (exact) mass is 425 g/mol. The van der Waals surface area contributed by atoms with E-state index in [1.807, 2.05) is 30.3 Å². The van der Waals surface area contributed by atoms with E-state index >= 15 is 0 Å². The molecule has 0 aliphatic carbocycles. The molecule has 8 nitrogen and oxygen atoms in total. The van der Waals surface area contributed by atoms with Gasteiger partial charge in [-0.3, -0.25) is 9.48 Å². The van der Waals surface area contributed by atoms with Crippen LogP contribution in [0.15, 0.2) is 54.9 Å². The number of hydrogen-bond acceptors (Lipinski definition) is 5. The molecule has 4 rings (SSSR count). The fraction of sp³-hybridized carbons (Fsp3) is 0.238. The molecule has 1 N–H and O–H groups in total. The van der Waals surface area contributed by atoms with Crippen LogP contribution < -0.4 is 5.32 Å². The number of nitrogens with zero attached hydrogens (tertiary/aromatic N) is 4. The van der Waals surface area contributed by atoms with E-state index in [2.05, 4.69) is 15.4 Å². The van der Waals surface area contributed by atoms with Crippen molar-refractivity contribution in [3.8, 4) is 0 Å². The van der Waals surface area contributed by atoms with Crippen molar-refractivity contribution in [2.45, 2.75) is 26.2 Å². The number of benzene rings is 1. The highest BCUT2D eigenvalue weighted by molar-refractivity contribution is 6.29. The van der Waals surface area contributed by atoms with Gasteiger partial charge in [0.05, 0.1) is 30.5 Å². The summed E-state index contributed by atoms with van der Waals surface area (Å²) in [5.74, 6) is -0.259. The largest absolute Gasteiger partial charge is 0.445 e. The van der Waals surface area contributed by atoms with Gasteiger partial charge in [0.2, 0.25) is 0 Å². The molecule has 0 saturated heterocycles. The van der Waals surface area contributed by atoms with Crippen molar-refractivity contribution in [1.82, 2.24) is 25.0 Å². The first kappa shape index (κ1) is 19.9. The number of rotatable bonds is 5. The predicted molar refractivity (Wildman–Crippen MR) is 110 cm³/mol. The number of hydrogen-bond donors (Lipinski definition) is 1. The zero-order chi connectivity index (χ0) is 20.9. The molecule has 0 bridgehead atoms. The molecule has 1 aromatic carbocycles. The second-order valence-corrected chi connectivity index (χ2v) is 7.25. The number of carbonyl (C=O) groups excluding carboxylic acids is 2. The molecule has 1 aliphatic heterocycles. The van der Waals surface area contributed by atoms with Crippen LogP contribution in [-0.2, 0) is 31.0 Å². The first-order chi connectivity index (χ1) is 14.6. The summed E-state index contributed by atoms with van der Waals surface area (Å²) in [7, 11) is 0. The number of nitrogens with one attached hydrogen (secondary N) is 1. The lowest BCUT2D eigenvalue weighted by Crippen LogP contribution is -2.39. The summed E-state index contributed by atoms with van der Waals surface area (Å²) in [5.41, 5.74) is 2.88. The number of halogens is 1. The molecule has 3 aromatic rings. The lowest BCUT2D eigenvalue weighted by molar-refractivity contribution is 0.0844. The zero-order valence-corrected chi connectivity index (χ0v) is 16.9. The van der Waals surface area contributed by atoms with E-state index in [1.165, 1.54) is 6.20 Å². The van der Waals surface area contributed by atoms with Crippen molar-refractivity contribution in [3.63, 3.8) is 0 Å². The topological polar surface area (TPSA) is 89.4 Å². The Morgan fingerprint density at radius 1 is 1.07 bits per heavy atom. The fourth-order valence-electron chi connectivity index (χ4n) is 3.19. The van der Waals surface area contributed by atoms with Gasteiger partial charge in [0, 0.05) is 19.3 Å². The maximum Gasteiger partial charge on any atom is 0.410 e. The number of aromatic nitrogens is 3. The Balaban J connectivity index is 1.37. The van der Waals surface area contributed by atoms with Crippen molar-refractivity contribution in [2.75, 3.05) is 6.54 Å². The van der Waals surface area contributed by atoms with Crippen LogP contribution in [-0.4, -0.2) is 38.2 Å². The minimum atomic E-state index is -0.412. The predicted octanol–water partition coefficient (Wildman–Crippen LogP) is 3.01. The van der Waals surface area contributed by atoms with Crippen molar-refractivity contribution in [1.29, 1.82) is 0 Å². The smallest absolute Gasteiger partial charge is 0.410 e. The molecule has 9 heteroatoms. The van der Waals surface area contributed by atoms with Gasteiger partial charge >= 0.3 is 6.09 Å². The Morgan fingerprint density at radius 2 is 1.90 bits per heavy atom. The summed E-state index contributed by atoms with van der Waals surface area (Å²) >= 11 is 5.78. The molecule has 2 amide bonds. The average molecular weight is 426 g/mol. The minimum absolute atomic E-state index is 0.206. The minimum Gasteiger partial charge on any atom is -0.445 e. The van der Waals surface area contributed by atoms with Gasteiger partial charge in [-0.2, -0.15) is 5.10 Å². The first-order valence-electron chi connectivity index (χ1n) is 9.49. The maximum atomic E-state index is 12.7. The molecule has 154 valence electrons. The molecule has 2 aromatic heterocycles. The Labute approximate surface area is 178 Å². The van der Waals surface area contributed by atoms with Crippen molar-refractivity contribution >= 4 is 23.6 Å². The van der Waals surface area contributed by atoms with Gasteiger partial charge in [-0.05, 0) is 17.2 Å². The van der Waals surface area contributed by atoms with E-state index in [0.29, 0.717) is 36.0 Å². The Bertz CT molecular complexity index is 1040. The summed E-state index contributed by atoms with van der Waals surface area (Å²) in [6, 6.07) is 13.0. The van der Waals surface area contributed by atoms with Crippen LogP contribution in [0.3, 0.4) is 0 Å². The van der Waals surface area contributed by atoms with Crippen molar-refractivity contribution in [2.24, 2.45) is 0 Å². The van der Waals surface area contributed by atoms with E-state index in [-0.39, 0.29) is 19.1 Å². The first-order valence-corrected chi connectivity index (χ1v) is 9.87. The van der Waals surface area contributed by atoms with Crippen molar-refractivity contribution < 1.29 is 14.3 Å². The van der Waals surface area contributed by atoms with Crippen LogP contribution in [0.5, 0.6) is 0 Å². The van der Waals surface area contributed by atoms with Crippen LogP contribution in [0.4, 0.5) is 4.79 Å². The Kier molecular flexibility index (Phi) is 5.94. The van der Waals surface area contributed by atoms with Crippen LogP contribution in [0, 0.1) is 0 Å². The van der Waals surface area contributed by atoms with E-state index < -0.39 is 6.09 Å². The van der Waals surface area contributed by atoms with Gasteiger partial charge in [-0.15, -0.1) is 0 Å². The number of pyridine rings is 1. The lowest BCUT2D eigenvalue weighted by Gasteiger charge is -2.27. The molecule has 0 fully saturated rings. The SMILES string of the molecule is O=C(NCc1ccc(Cl)nc1)c1cnn2c1CN(C(=O)OCc1ccccc1)CC2. The molecule has 0 unspecified atom stereocenters. The third-order valence-corrected chi connectivity index (χ3v) is 5.04. The summed E-state index contributed by atoms with van der Waals surface area (Å²) in [6.45, 7) is 1.76. The van der Waals surface area contributed by atoms with E-state index in [0.717, 1.165) is 11.1 Å². The standard InChI is InChI=1S/C21H20ClN5O3/c22-19-7-6-16(10-23-19)11-24-20(28)17-12-25-27-9-8-26(13-18(17)27)21(29)30-14-15-4-2-1-3-5-15/h1-7,10,12H,8-9,11,13-14H2,(H,24,28). The number of carbonyl (C=O) groups is 2. The van der Waals surface area contributed by atoms with Crippen molar-refractivity contribution in [3.05, 3.63) is 82.4 Å². The summed E-state index contributed by atoms with van der Waals surface area (Å²) in [4.78, 5) is 30.7. The van der Waals surface area contributed by atoms with E-state index in [9.17, 15) is 9.59 Å². The van der Waals surface area contributed by atoms with Gasteiger partial charge in [0.15, 0.2) is 0 Å². The van der Waals surface area contributed by atoms with Crippen LogP contribution in [0.1, 0.15) is 27.2 Å². The van der Waals surface area contributed by atoms with Crippen LogP contribution >= 0.6 is 11.6 Å². The Hall–Kier alpha value is -3.39. The van der Waals surface area contributed by atoms with Crippen LogP contribution in [0.2, 0.25) is 5.15 Å². The molecule has 1 aliphatic rings. The normalized spacial score (nSPS) is 12.9. The highest BCUT2D eigenvalue weighted by Crippen LogP contribution is 2.18. The van der Waals surface area contributed by atoms with Gasteiger partial charge in [0.25, 0.3) is 5.91 Å². The molecule has 0 spiro atoms. The molecular formula is C21H20ClN5O3. The molecular weight excluding hydrogens is 406 g/mol. The Morgan fingerprint density at radius 3 is 2.67 bits per heavy atom. The second-order valence-electron chi connectivity index (χ2n) is 6.86.